The summed E-state index contributed by atoms with van der Waals surface area (Å²) in [6.45, 7) is 7.01. The first kappa shape index (κ1) is 17.0. The third-order valence-electron chi connectivity index (χ3n) is 5.08. The van der Waals surface area contributed by atoms with Crippen LogP contribution in [0.5, 0.6) is 0 Å². The van der Waals surface area contributed by atoms with Gasteiger partial charge in [0.05, 0.1) is 5.39 Å². The zero-order valence-electron chi connectivity index (χ0n) is 15.0. The maximum absolute atomic E-state index is 13.2. The Labute approximate surface area is 157 Å². The molecule has 5 heteroatoms. The molecule has 4 rings (SSSR count). The Kier molecular flexibility index (Phi) is 4.64. The summed E-state index contributed by atoms with van der Waals surface area (Å²) in [7, 11) is 0. The van der Waals surface area contributed by atoms with E-state index in [1.165, 1.54) is 28.0 Å². The predicted octanol–water partition coefficient (Wildman–Crippen LogP) is 4.44. The van der Waals surface area contributed by atoms with E-state index in [0.29, 0.717) is 19.0 Å². The molecule has 0 saturated carbocycles. The van der Waals surface area contributed by atoms with E-state index >= 15 is 0 Å². The number of aryl methyl sites for hydroxylation is 3. The fourth-order valence-corrected chi connectivity index (χ4v) is 4.91. The summed E-state index contributed by atoms with van der Waals surface area (Å²) >= 11 is 1.69. The molecule has 0 atom stereocenters. The highest BCUT2D eigenvalue weighted by Gasteiger charge is 2.21. The summed E-state index contributed by atoms with van der Waals surface area (Å²) in [4.78, 5) is 20.2. The average molecular weight is 366 g/mol. The molecule has 134 valence electrons. The van der Waals surface area contributed by atoms with E-state index in [9.17, 15) is 4.79 Å². The highest BCUT2D eigenvalue weighted by atomic mass is 32.1. The molecule has 0 aliphatic heterocycles. The number of allylic oxidation sites excluding steroid dienone is 1. The van der Waals surface area contributed by atoms with Crippen LogP contribution in [0.3, 0.4) is 0 Å². The van der Waals surface area contributed by atoms with Crippen molar-refractivity contribution in [3.63, 3.8) is 0 Å². The van der Waals surface area contributed by atoms with Crippen molar-refractivity contribution in [1.82, 2.24) is 9.55 Å². The fraction of sp³-hybridized carbons (Fsp3) is 0.333. The average Bonchev–Trinajstić information content (AvgIpc) is 3.02. The molecule has 26 heavy (non-hydrogen) atoms. The molecule has 0 amide bonds. The zero-order valence-corrected chi connectivity index (χ0v) is 15.9. The lowest BCUT2D eigenvalue weighted by Gasteiger charge is -2.14. The lowest BCUT2D eigenvalue weighted by molar-refractivity contribution is 0.698. The Morgan fingerprint density at radius 2 is 2.12 bits per heavy atom. The maximum Gasteiger partial charge on any atom is 0.264 e. The molecule has 1 N–H and O–H groups in total. The summed E-state index contributed by atoms with van der Waals surface area (Å²) in [6, 6.07) is 8.26. The van der Waals surface area contributed by atoms with Gasteiger partial charge in [-0.15, -0.1) is 17.9 Å². The Morgan fingerprint density at radius 1 is 1.31 bits per heavy atom. The van der Waals surface area contributed by atoms with Gasteiger partial charge < -0.3 is 5.32 Å². The normalized spacial score (nSPS) is 13.6. The highest BCUT2D eigenvalue weighted by molar-refractivity contribution is 7.18. The molecular formula is C21H23N3OS. The zero-order chi connectivity index (χ0) is 18.1. The Hall–Kier alpha value is -2.40. The topological polar surface area (TPSA) is 46.9 Å². The molecule has 2 aromatic heterocycles. The molecule has 1 aromatic carbocycles. The number of rotatable bonds is 5. The minimum atomic E-state index is 0.0570. The monoisotopic (exact) mass is 365 g/mol. The van der Waals surface area contributed by atoms with Gasteiger partial charge in [0.15, 0.2) is 0 Å². The number of hydrogen-bond acceptors (Lipinski definition) is 4. The SMILES string of the molecule is C=CCn1c(NCc2ccccc2C)nc2sc3c(c2c1=O)CCCC3. The van der Waals surface area contributed by atoms with Crippen LogP contribution in [-0.4, -0.2) is 9.55 Å². The van der Waals surface area contributed by atoms with Gasteiger partial charge in [0.1, 0.15) is 4.83 Å². The molecule has 0 radical (unpaired) electrons. The second-order valence-corrected chi connectivity index (χ2v) is 7.89. The van der Waals surface area contributed by atoms with E-state index in [1.54, 1.807) is 22.0 Å². The number of fused-ring (bicyclic) bond motifs is 3. The van der Waals surface area contributed by atoms with Crippen LogP contribution in [0.4, 0.5) is 5.95 Å². The predicted molar refractivity (Wildman–Crippen MR) is 109 cm³/mol. The molecule has 0 spiro atoms. The summed E-state index contributed by atoms with van der Waals surface area (Å²) < 4.78 is 1.72. The van der Waals surface area contributed by atoms with Gasteiger partial charge in [-0.2, -0.15) is 0 Å². The summed E-state index contributed by atoms with van der Waals surface area (Å²) in [6.07, 6.45) is 6.19. The van der Waals surface area contributed by atoms with Crippen molar-refractivity contribution < 1.29 is 0 Å². The standard InChI is InChI=1S/C21H23N3OS/c1-3-12-24-20(25)18-16-10-6-7-11-17(16)26-19(18)23-21(24)22-13-15-9-5-4-8-14(15)2/h3-5,8-9H,1,6-7,10-13H2,2H3,(H,22,23). The molecule has 0 saturated heterocycles. The van der Waals surface area contributed by atoms with Crippen LogP contribution >= 0.6 is 11.3 Å². The molecule has 0 bridgehead atoms. The van der Waals surface area contributed by atoms with Gasteiger partial charge in [-0.3, -0.25) is 9.36 Å². The number of aromatic nitrogens is 2. The smallest absolute Gasteiger partial charge is 0.264 e. The number of anilines is 1. The summed E-state index contributed by atoms with van der Waals surface area (Å²) in [5, 5.41) is 4.21. The number of nitrogens with one attached hydrogen (secondary N) is 1. The Balaban J connectivity index is 1.78. The second kappa shape index (κ2) is 7.08. The van der Waals surface area contributed by atoms with E-state index in [4.69, 9.17) is 4.98 Å². The summed E-state index contributed by atoms with van der Waals surface area (Å²) in [5.74, 6) is 0.629. The van der Waals surface area contributed by atoms with Gasteiger partial charge in [-0.05, 0) is 49.3 Å². The van der Waals surface area contributed by atoms with Crippen molar-refractivity contribution in [3.05, 3.63) is 68.8 Å². The van der Waals surface area contributed by atoms with Gasteiger partial charge in [0.2, 0.25) is 5.95 Å². The lowest BCUT2D eigenvalue weighted by Crippen LogP contribution is -2.25. The molecule has 4 nitrogen and oxygen atoms in total. The first-order chi connectivity index (χ1) is 12.7. The third kappa shape index (κ3) is 2.97. The summed E-state index contributed by atoms with van der Waals surface area (Å²) in [5.41, 5.74) is 3.72. The minimum absolute atomic E-state index is 0.0570. The molecule has 1 aliphatic carbocycles. The van der Waals surface area contributed by atoms with Crippen LogP contribution in [0.2, 0.25) is 0 Å². The number of thiophene rings is 1. The van der Waals surface area contributed by atoms with Crippen molar-refractivity contribution >= 4 is 27.5 Å². The quantitative estimate of drug-likeness (QED) is 0.680. The molecule has 2 heterocycles. The number of nitrogens with zero attached hydrogens (tertiary/aromatic N) is 2. The van der Waals surface area contributed by atoms with Crippen LogP contribution in [0.1, 0.15) is 34.4 Å². The van der Waals surface area contributed by atoms with Crippen molar-refractivity contribution in [2.75, 3.05) is 5.32 Å². The number of benzene rings is 1. The van der Waals surface area contributed by atoms with Crippen LogP contribution < -0.4 is 10.9 Å². The van der Waals surface area contributed by atoms with Crippen molar-refractivity contribution in [2.24, 2.45) is 0 Å². The number of hydrogen-bond donors (Lipinski definition) is 1. The van der Waals surface area contributed by atoms with E-state index in [1.807, 2.05) is 12.1 Å². The van der Waals surface area contributed by atoms with Gasteiger partial charge in [-0.25, -0.2) is 4.98 Å². The van der Waals surface area contributed by atoms with Crippen molar-refractivity contribution in [1.29, 1.82) is 0 Å². The maximum atomic E-state index is 13.2. The fourth-order valence-electron chi connectivity index (χ4n) is 3.65. The van der Waals surface area contributed by atoms with E-state index in [-0.39, 0.29) is 5.56 Å². The van der Waals surface area contributed by atoms with Crippen molar-refractivity contribution in [2.45, 2.75) is 45.7 Å². The molecular weight excluding hydrogens is 342 g/mol. The van der Waals surface area contributed by atoms with Gasteiger partial charge in [0.25, 0.3) is 5.56 Å². The van der Waals surface area contributed by atoms with E-state index in [0.717, 1.165) is 29.5 Å². The molecule has 3 aromatic rings. The van der Waals surface area contributed by atoms with Gasteiger partial charge >= 0.3 is 0 Å². The Morgan fingerprint density at radius 3 is 2.92 bits per heavy atom. The highest BCUT2D eigenvalue weighted by Crippen LogP contribution is 2.34. The second-order valence-electron chi connectivity index (χ2n) is 6.81. The van der Waals surface area contributed by atoms with Crippen LogP contribution in [0, 0.1) is 6.92 Å². The minimum Gasteiger partial charge on any atom is -0.351 e. The first-order valence-corrected chi connectivity index (χ1v) is 9.95. The van der Waals surface area contributed by atoms with Gasteiger partial charge in [-0.1, -0.05) is 30.3 Å². The first-order valence-electron chi connectivity index (χ1n) is 9.13. The lowest BCUT2D eigenvalue weighted by atomic mass is 9.97. The largest absolute Gasteiger partial charge is 0.351 e. The van der Waals surface area contributed by atoms with E-state index < -0.39 is 0 Å². The molecule has 0 fully saturated rings. The molecule has 0 unspecified atom stereocenters. The Bertz CT molecular complexity index is 1030. The van der Waals surface area contributed by atoms with E-state index in [2.05, 4.69) is 31.0 Å². The third-order valence-corrected chi connectivity index (χ3v) is 6.27. The van der Waals surface area contributed by atoms with Crippen LogP contribution in [0.25, 0.3) is 10.2 Å². The van der Waals surface area contributed by atoms with Gasteiger partial charge in [0, 0.05) is 18.0 Å². The molecule has 1 aliphatic rings. The van der Waals surface area contributed by atoms with Crippen LogP contribution in [-0.2, 0) is 25.9 Å². The van der Waals surface area contributed by atoms with Crippen molar-refractivity contribution in [3.8, 4) is 0 Å². The van der Waals surface area contributed by atoms with Crippen LogP contribution in [0.15, 0.2) is 41.7 Å².